The molecule has 3 nitrogen and oxygen atoms in total. The molecule has 0 spiro atoms. The highest BCUT2D eigenvalue weighted by atomic mass is 35.5. The number of halogens is 1. The molecule has 1 unspecified atom stereocenters. The summed E-state index contributed by atoms with van der Waals surface area (Å²) in [7, 11) is 2.00. The highest BCUT2D eigenvalue weighted by molar-refractivity contribution is 5.85. The van der Waals surface area contributed by atoms with Crippen molar-refractivity contribution in [2.45, 2.75) is 57.8 Å². The van der Waals surface area contributed by atoms with Crippen molar-refractivity contribution in [3.05, 3.63) is 0 Å². The Balaban J connectivity index is 0.00000200. The van der Waals surface area contributed by atoms with Crippen LogP contribution < -0.4 is 5.32 Å². The first-order valence-corrected chi connectivity index (χ1v) is 8.22. The van der Waals surface area contributed by atoms with Gasteiger partial charge in [-0.15, -0.1) is 12.4 Å². The molecule has 0 radical (unpaired) electrons. The largest absolute Gasteiger partial charge is 0.342 e. The van der Waals surface area contributed by atoms with Crippen LogP contribution in [0.3, 0.4) is 0 Å². The molecular weight excluding hydrogens is 272 g/mol. The first kappa shape index (κ1) is 17.8. The first-order valence-electron chi connectivity index (χ1n) is 8.22. The second-order valence-corrected chi connectivity index (χ2v) is 6.45. The van der Waals surface area contributed by atoms with Crippen molar-refractivity contribution in [2.75, 3.05) is 26.7 Å². The molecule has 118 valence electrons. The summed E-state index contributed by atoms with van der Waals surface area (Å²) < 4.78 is 0. The summed E-state index contributed by atoms with van der Waals surface area (Å²) in [5.74, 6) is 1.99. The zero-order chi connectivity index (χ0) is 13.5. The monoisotopic (exact) mass is 302 g/mol. The van der Waals surface area contributed by atoms with E-state index in [1.165, 1.54) is 44.9 Å². The maximum atomic E-state index is 12.2. The van der Waals surface area contributed by atoms with Crippen LogP contribution in [0.5, 0.6) is 0 Å². The number of carbonyl (C=O) groups is 1. The quantitative estimate of drug-likeness (QED) is 0.817. The predicted molar refractivity (Wildman–Crippen MR) is 86.3 cm³/mol. The molecule has 1 aliphatic heterocycles. The number of hydrogen-bond acceptors (Lipinski definition) is 2. The lowest BCUT2D eigenvalue weighted by molar-refractivity contribution is -0.133. The molecule has 4 heteroatoms. The minimum absolute atomic E-state index is 0. The standard InChI is InChI=1S/C16H30N2O.ClH/c1-17-12-15-9-5-11-18(13-15)16(19)10-4-8-14-6-2-3-7-14;/h14-15,17H,2-13H2,1H3;1H. The average Bonchev–Trinajstić information content (AvgIpc) is 2.92. The summed E-state index contributed by atoms with van der Waals surface area (Å²) in [5, 5.41) is 3.24. The Labute approximate surface area is 130 Å². The van der Waals surface area contributed by atoms with Gasteiger partial charge in [-0.1, -0.05) is 25.7 Å². The Kier molecular flexibility index (Phi) is 8.55. The molecule has 0 aromatic carbocycles. The van der Waals surface area contributed by atoms with Crippen molar-refractivity contribution < 1.29 is 4.79 Å². The number of likely N-dealkylation sites (tertiary alicyclic amines) is 1. The Morgan fingerprint density at radius 1 is 1.15 bits per heavy atom. The van der Waals surface area contributed by atoms with Crippen LogP contribution in [0, 0.1) is 11.8 Å². The van der Waals surface area contributed by atoms with Crippen LogP contribution in [-0.2, 0) is 4.79 Å². The van der Waals surface area contributed by atoms with Crippen LogP contribution in [0.1, 0.15) is 57.8 Å². The second-order valence-electron chi connectivity index (χ2n) is 6.45. The molecule has 2 rings (SSSR count). The molecule has 0 bridgehead atoms. The minimum atomic E-state index is 0. The lowest BCUT2D eigenvalue weighted by Crippen LogP contribution is -2.42. The van der Waals surface area contributed by atoms with Crippen molar-refractivity contribution >= 4 is 18.3 Å². The number of carbonyl (C=O) groups excluding carboxylic acids is 1. The molecule has 2 aliphatic rings. The number of piperidine rings is 1. The molecular formula is C16H31ClN2O. The molecule has 1 heterocycles. The van der Waals surface area contributed by atoms with Crippen molar-refractivity contribution in [3.63, 3.8) is 0 Å². The summed E-state index contributed by atoms with van der Waals surface area (Å²) in [6, 6.07) is 0. The summed E-state index contributed by atoms with van der Waals surface area (Å²) in [4.78, 5) is 14.3. The van der Waals surface area contributed by atoms with E-state index < -0.39 is 0 Å². The summed E-state index contributed by atoms with van der Waals surface area (Å²) in [5.41, 5.74) is 0. The van der Waals surface area contributed by atoms with Gasteiger partial charge in [-0.05, 0) is 51.1 Å². The van der Waals surface area contributed by atoms with Gasteiger partial charge in [0, 0.05) is 19.5 Å². The van der Waals surface area contributed by atoms with E-state index in [4.69, 9.17) is 0 Å². The van der Waals surface area contributed by atoms with Crippen molar-refractivity contribution in [3.8, 4) is 0 Å². The maximum absolute atomic E-state index is 12.2. The van der Waals surface area contributed by atoms with Crippen LogP contribution in [0.15, 0.2) is 0 Å². The highest BCUT2D eigenvalue weighted by Gasteiger charge is 2.23. The van der Waals surface area contributed by atoms with Crippen molar-refractivity contribution in [1.29, 1.82) is 0 Å². The van der Waals surface area contributed by atoms with Crippen molar-refractivity contribution in [1.82, 2.24) is 10.2 Å². The van der Waals surface area contributed by atoms with Crippen LogP contribution in [0.4, 0.5) is 0 Å². The summed E-state index contributed by atoms with van der Waals surface area (Å²) in [6.07, 6.45) is 11.3. The van der Waals surface area contributed by atoms with Crippen LogP contribution in [-0.4, -0.2) is 37.5 Å². The lowest BCUT2D eigenvalue weighted by atomic mass is 9.97. The van der Waals surface area contributed by atoms with E-state index in [0.717, 1.165) is 38.4 Å². The molecule has 1 saturated heterocycles. The van der Waals surface area contributed by atoms with E-state index in [1.54, 1.807) is 0 Å². The van der Waals surface area contributed by atoms with E-state index in [-0.39, 0.29) is 12.4 Å². The molecule has 1 N–H and O–H groups in total. The Bertz CT molecular complexity index is 278. The van der Waals surface area contributed by atoms with Gasteiger partial charge >= 0.3 is 0 Å². The fourth-order valence-electron chi connectivity index (χ4n) is 3.75. The fraction of sp³-hybridized carbons (Fsp3) is 0.938. The Hall–Kier alpha value is -0.280. The highest BCUT2D eigenvalue weighted by Crippen LogP contribution is 2.29. The molecule has 20 heavy (non-hydrogen) atoms. The van der Waals surface area contributed by atoms with Gasteiger partial charge in [0.25, 0.3) is 0 Å². The van der Waals surface area contributed by atoms with Gasteiger partial charge in [-0.3, -0.25) is 4.79 Å². The third-order valence-electron chi connectivity index (χ3n) is 4.84. The van der Waals surface area contributed by atoms with Gasteiger partial charge in [0.05, 0.1) is 0 Å². The second kappa shape index (κ2) is 9.62. The maximum Gasteiger partial charge on any atom is 0.222 e. The number of hydrogen-bond donors (Lipinski definition) is 1. The normalized spacial score (nSPS) is 23.6. The average molecular weight is 303 g/mol. The van der Waals surface area contributed by atoms with Crippen LogP contribution in [0.2, 0.25) is 0 Å². The topological polar surface area (TPSA) is 32.3 Å². The number of nitrogens with zero attached hydrogens (tertiary/aromatic N) is 1. The van der Waals surface area contributed by atoms with Gasteiger partial charge in [0.2, 0.25) is 5.91 Å². The van der Waals surface area contributed by atoms with Crippen LogP contribution >= 0.6 is 12.4 Å². The van der Waals surface area contributed by atoms with E-state index in [9.17, 15) is 4.79 Å². The zero-order valence-corrected chi connectivity index (χ0v) is 13.7. The molecule has 2 fully saturated rings. The number of amides is 1. The van der Waals surface area contributed by atoms with Gasteiger partial charge in [0.15, 0.2) is 0 Å². The summed E-state index contributed by atoms with van der Waals surface area (Å²) >= 11 is 0. The van der Waals surface area contributed by atoms with E-state index >= 15 is 0 Å². The molecule has 1 aliphatic carbocycles. The molecule has 1 amide bonds. The van der Waals surface area contributed by atoms with Gasteiger partial charge in [0.1, 0.15) is 0 Å². The van der Waals surface area contributed by atoms with E-state index in [1.807, 2.05) is 7.05 Å². The van der Waals surface area contributed by atoms with Gasteiger partial charge in [-0.2, -0.15) is 0 Å². The number of rotatable bonds is 6. The van der Waals surface area contributed by atoms with Crippen LogP contribution in [0.25, 0.3) is 0 Å². The smallest absolute Gasteiger partial charge is 0.222 e. The summed E-state index contributed by atoms with van der Waals surface area (Å²) in [6.45, 7) is 3.01. The molecule has 0 aromatic heterocycles. The zero-order valence-electron chi connectivity index (χ0n) is 12.9. The SMILES string of the molecule is CNCC1CCCN(C(=O)CCCC2CCCC2)C1.Cl. The van der Waals surface area contributed by atoms with E-state index in [0.29, 0.717) is 11.8 Å². The van der Waals surface area contributed by atoms with Gasteiger partial charge in [-0.25, -0.2) is 0 Å². The van der Waals surface area contributed by atoms with E-state index in [2.05, 4.69) is 10.2 Å². The Morgan fingerprint density at radius 3 is 2.55 bits per heavy atom. The van der Waals surface area contributed by atoms with Gasteiger partial charge < -0.3 is 10.2 Å². The van der Waals surface area contributed by atoms with Crippen molar-refractivity contribution in [2.24, 2.45) is 11.8 Å². The lowest BCUT2D eigenvalue weighted by Gasteiger charge is -2.33. The molecule has 1 saturated carbocycles. The fourth-order valence-corrected chi connectivity index (χ4v) is 3.75. The molecule has 0 aromatic rings. The minimum Gasteiger partial charge on any atom is -0.342 e. The predicted octanol–water partition coefficient (Wildman–Crippen LogP) is 3.23. The third kappa shape index (κ3) is 5.61. The third-order valence-corrected chi connectivity index (χ3v) is 4.84. The Morgan fingerprint density at radius 2 is 1.85 bits per heavy atom. The molecule has 1 atom stereocenters. The first-order chi connectivity index (χ1) is 9.29. The number of nitrogens with one attached hydrogen (secondary N) is 1.